The normalized spacial score (nSPS) is 15.3. The number of hydrogen-bond donors (Lipinski definition) is 1. The highest BCUT2D eigenvalue weighted by molar-refractivity contribution is 7.92. The standard InChI is InChI=1S/C35H43N3O6S/c1-26-11-9-14-28(21-26)24-37(31(22-27-12-5-3-6-13-27)35(40)36-29-15-7-4-8-16-29)34(39)17-10-20-38(45(2,41)42)30-18-19-32-33(23-30)44-25-43-32/h3,5-6,9,11-14,18-19,21,23,29,31H,4,7-8,10,15-17,20,22,24-25H2,1-2H3,(H,36,40)/t31-/m1/s1. The number of sulfonamides is 1. The van der Waals surface area contributed by atoms with Crippen LogP contribution in [0.2, 0.25) is 0 Å². The van der Waals surface area contributed by atoms with E-state index in [0.29, 0.717) is 23.6 Å². The number of nitrogens with zero attached hydrogens (tertiary/aromatic N) is 2. The van der Waals surface area contributed by atoms with E-state index in [0.717, 1.165) is 48.6 Å². The van der Waals surface area contributed by atoms with Crippen LogP contribution in [0.3, 0.4) is 0 Å². The molecule has 9 nitrogen and oxygen atoms in total. The molecular formula is C35H43N3O6S. The van der Waals surface area contributed by atoms with Crippen LogP contribution in [0.25, 0.3) is 0 Å². The smallest absolute Gasteiger partial charge is 0.243 e. The Bertz CT molecular complexity index is 1570. The Kier molecular flexibility index (Phi) is 10.7. The van der Waals surface area contributed by atoms with Crippen LogP contribution in [0.15, 0.2) is 72.8 Å². The van der Waals surface area contributed by atoms with Gasteiger partial charge in [0.25, 0.3) is 0 Å². The van der Waals surface area contributed by atoms with Gasteiger partial charge in [-0.05, 0) is 49.4 Å². The van der Waals surface area contributed by atoms with Crippen molar-refractivity contribution in [1.29, 1.82) is 0 Å². The summed E-state index contributed by atoms with van der Waals surface area (Å²) in [6.45, 7) is 2.46. The van der Waals surface area contributed by atoms with Crippen molar-refractivity contribution in [3.05, 3.63) is 89.5 Å². The molecule has 1 atom stereocenters. The second-order valence-electron chi connectivity index (χ2n) is 12.0. The van der Waals surface area contributed by atoms with Gasteiger partial charge >= 0.3 is 0 Å². The number of amides is 2. The quantitative estimate of drug-likeness (QED) is 0.272. The third-order valence-electron chi connectivity index (χ3n) is 8.45. The lowest BCUT2D eigenvalue weighted by Crippen LogP contribution is -2.53. The summed E-state index contributed by atoms with van der Waals surface area (Å²) in [5, 5.41) is 3.27. The molecule has 1 N–H and O–H groups in total. The number of carbonyl (C=O) groups is 2. The van der Waals surface area contributed by atoms with Gasteiger partial charge in [0.05, 0.1) is 11.9 Å². The first kappa shape index (κ1) is 32.3. The second kappa shape index (κ2) is 14.8. The van der Waals surface area contributed by atoms with Crippen molar-refractivity contribution in [2.24, 2.45) is 0 Å². The summed E-state index contributed by atoms with van der Waals surface area (Å²) in [6, 6.07) is 22.1. The topological polar surface area (TPSA) is 105 Å². The van der Waals surface area contributed by atoms with Crippen molar-refractivity contribution in [2.45, 2.75) is 76.9 Å². The highest BCUT2D eigenvalue weighted by Gasteiger charge is 2.32. The molecule has 10 heteroatoms. The first-order chi connectivity index (χ1) is 21.7. The molecule has 2 aliphatic rings. The van der Waals surface area contributed by atoms with E-state index in [1.807, 2.05) is 61.5 Å². The zero-order valence-corrected chi connectivity index (χ0v) is 26.9. The molecule has 3 aromatic carbocycles. The third kappa shape index (κ3) is 8.78. The molecule has 1 aliphatic carbocycles. The second-order valence-corrected chi connectivity index (χ2v) is 13.9. The molecule has 0 spiro atoms. The molecule has 0 bridgehead atoms. The molecule has 240 valence electrons. The summed E-state index contributed by atoms with van der Waals surface area (Å²) in [4.78, 5) is 29.8. The predicted octanol–water partition coefficient (Wildman–Crippen LogP) is 5.36. The number of nitrogens with one attached hydrogen (secondary N) is 1. The fraction of sp³-hybridized carbons (Fsp3) is 0.429. The SMILES string of the molecule is Cc1cccc(CN(C(=O)CCCN(c2ccc3c(c2)OCO3)S(C)(=O)=O)[C@H](Cc2ccccc2)C(=O)NC2CCCCC2)c1. The number of ether oxygens (including phenoxy) is 2. The van der Waals surface area contributed by atoms with E-state index in [1.165, 1.54) is 10.7 Å². The van der Waals surface area contributed by atoms with Crippen LogP contribution in [0.1, 0.15) is 61.6 Å². The Morgan fingerprint density at radius 2 is 1.64 bits per heavy atom. The number of aryl methyl sites for hydroxylation is 1. The van der Waals surface area contributed by atoms with Gasteiger partial charge in [0.2, 0.25) is 28.6 Å². The van der Waals surface area contributed by atoms with E-state index in [-0.39, 0.29) is 50.6 Å². The van der Waals surface area contributed by atoms with Crippen LogP contribution in [-0.2, 0) is 32.6 Å². The monoisotopic (exact) mass is 633 g/mol. The summed E-state index contributed by atoms with van der Waals surface area (Å²) in [7, 11) is -3.65. The molecule has 5 rings (SSSR count). The average Bonchev–Trinajstić information content (AvgIpc) is 3.49. The lowest BCUT2D eigenvalue weighted by Gasteiger charge is -2.34. The van der Waals surface area contributed by atoms with Gasteiger partial charge in [0.1, 0.15) is 6.04 Å². The zero-order valence-electron chi connectivity index (χ0n) is 26.1. The maximum absolute atomic E-state index is 14.1. The molecule has 1 aliphatic heterocycles. The summed E-state index contributed by atoms with van der Waals surface area (Å²) < 4.78 is 37.7. The highest BCUT2D eigenvalue weighted by atomic mass is 32.2. The summed E-state index contributed by atoms with van der Waals surface area (Å²) >= 11 is 0. The van der Waals surface area contributed by atoms with Gasteiger partial charge in [-0.2, -0.15) is 0 Å². The van der Waals surface area contributed by atoms with Gasteiger partial charge in [0.15, 0.2) is 11.5 Å². The Labute approximate surface area is 266 Å². The van der Waals surface area contributed by atoms with E-state index in [9.17, 15) is 18.0 Å². The van der Waals surface area contributed by atoms with Crippen molar-refractivity contribution in [3.8, 4) is 11.5 Å². The maximum Gasteiger partial charge on any atom is 0.243 e. The summed E-state index contributed by atoms with van der Waals surface area (Å²) in [6.07, 6.45) is 7.10. The van der Waals surface area contributed by atoms with Crippen LogP contribution in [0.4, 0.5) is 5.69 Å². The number of carbonyl (C=O) groups excluding carboxylic acids is 2. The van der Waals surface area contributed by atoms with E-state index in [1.54, 1.807) is 23.1 Å². The minimum Gasteiger partial charge on any atom is -0.454 e. The molecule has 3 aromatic rings. The molecule has 0 unspecified atom stereocenters. The van der Waals surface area contributed by atoms with Crippen molar-refractivity contribution < 1.29 is 27.5 Å². The third-order valence-corrected chi connectivity index (χ3v) is 9.65. The highest BCUT2D eigenvalue weighted by Crippen LogP contribution is 2.36. The van der Waals surface area contributed by atoms with Gasteiger partial charge in [-0.15, -0.1) is 0 Å². The first-order valence-electron chi connectivity index (χ1n) is 15.7. The zero-order chi connectivity index (χ0) is 31.8. The molecule has 1 saturated carbocycles. The van der Waals surface area contributed by atoms with Crippen LogP contribution < -0.4 is 19.1 Å². The molecule has 2 amide bonds. The number of anilines is 1. The molecule has 0 radical (unpaired) electrons. The fourth-order valence-electron chi connectivity index (χ4n) is 6.15. The first-order valence-corrected chi connectivity index (χ1v) is 17.6. The maximum atomic E-state index is 14.1. The van der Waals surface area contributed by atoms with Gasteiger partial charge in [0, 0.05) is 38.0 Å². The van der Waals surface area contributed by atoms with E-state index in [2.05, 4.69) is 5.32 Å². The molecule has 0 aromatic heterocycles. The van der Waals surface area contributed by atoms with Crippen LogP contribution in [0.5, 0.6) is 11.5 Å². The predicted molar refractivity (Wildman–Crippen MR) is 175 cm³/mol. The molecule has 1 heterocycles. The van der Waals surface area contributed by atoms with Gasteiger partial charge in [-0.3, -0.25) is 13.9 Å². The molecule has 0 saturated heterocycles. The van der Waals surface area contributed by atoms with Gasteiger partial charge in [-0.25, -0.2) is 8.42 Å². The summed E-state index contributed by atoms with van der Waals surface area (Å²) in [5.74, 6) is 0.694. The van der Waals surface area contributed by atoms with Crippen molar-refractivity contribution in [1.82, 2.24) is 10.2 Å². The number of benzene rings is 3. The Balaban J connectivity index is 1.38. The summed E-state index contributed by atoms with van der Waals surface area (Å²) in [5.41, 5.74) is 3.41. The fourth-order valence-corrected chi connectivity index (χ4v) is 7.11. The Morgan fingerprint density at radius 3 is 2.38 bits per heavy atom. The van der Waals surface area contributed by atoms with Crippen LogP contribution >= 0.6 is 0 Å². The minimum absolute atomic E-state index is 0.0738. The number of hydrogen-bond acceptors (Lipinski definition) is 6. The van der Waals surface area contributed by atoms with Gasteiger partial charge < -0.3 is 19.7 Å². The molecular weight excluding hydrogens is 590 g/mol. The lowest BCUT2D eigenvalue weighted by atomic mass is 9.94. The minimum atomic E-state index is -3.65. The van der Waals surface area contributed by atoms with E-state index >= 15 is 0 Å². The molecule has 1 fully saturated rings. The Morgan fingerprint density at radius 1 is 0.911 bits per heavy atom. The molecule has 45 heavy (non-hydrogen) atoms. The average molecular weight is 634 g/mol. The van der Waals surface area contributed by atoms with E-state index < -0.39 is 16.1 Å². The van der Waals surface area contributed by atoms with Crippen molar-refractivity contribution >= 4 is 27.5 Å². The van der Waals surface area contributed by atoms with Gasteiger partial charge in [-0.1, -0.05) is 79.4 Å². The number of rotatable bonds is 13. The van der Waals surface area contributed by atoms with Crippen molar-refractivity contribution in [3.63, 3.8) is 0 Å². The largest absolute Gasteiger partial charge is 0.454 e. The Hall–Kier alpha value is -4.05. The van der Waals surface area contributed by atoms with E-state index in [4.69, 9.17) is 9.47 Å². The van der Waals surface area contributed by atoms with Crippen molar-refractivity contribution in [2.75, 3.05) is 23.9 Å². The van der Waals surface area contributed by atoms with Crippen LogP contribution in [-0.4, -0.2) is 56.8 Å². The van der Waals surface area contributed by atoms with Crippen LogP contribution in [0, 0.1) is 6.92 Å². The lowest BCUT2D eigenvalue weighted by molar-refractivity contribution is -0.141. The number of fused-ring (bicyclic) bond motifs is 1.